The quantitative estimate of drug-likeness (QED) is 0.172. The van der Waals surface area contributed by atoms with Crippen LogP contribution in [0.5, 0.6) is 0 Å². The summed E-state index contributed by atoms with van der Waals surface area (Å²) in [6, 6.07) is 61.0. The highest BCUT2D eigenvalue weighted by atomic mass is 32.2. The zero-order chi connectivity index (χ0) is 36.6. The van der Waals surface area contributed by atoms with Crippen molar-refractivity contribution in [3.05, 3.63) is 187 Å². The van der Waals surface area contributed by atoms with Gasteiger partial charge in [0.2, 0.25) is 0 Å². The topological polar surface area (TPSA) is 62.5 Å². The molecule has 0 spiro atoms. The fourth-order valence-corrected chi connectivity index (χ4v) is 8.82. The Bertz CT molecular complexity index is 2710. The van der Waals surface area contributed by atoms with E-state index < -0.39 is 0 Å². The van der Waals surface area contributed by atoms with Crippen molar-refractivity contribution in [2.75, 3.05) is 0 Å². The molecule has 0 radical (unpaired) electrons. The van der Waals surface area contributed by atoms with Crippen LogP contribution in [0.2, 0.25) is 0 Å². The number of nitriles is 1. The molecule has 54 heavy (non-hydrogen) atoms. The first-order valence-corrected chi connectivity index (χ1v) is 18.8. The highest BCUT2D eigenvalue weighted by Crippen LogP contribution is 2.52. The van der Waals surface area contributed by atoms with E-state index in [0.29, 0.717) is 23.0 Å². The molecule has 0 fully saturated rings. The molecule has 1 aliphatic heterocycles. The zero-order valence-electron chi connectivity index (χ0n) is 29.9. The predicted octanol–water partition coefficient (Wildman–Crippen LogP) is 12.5. The van der Waals surface area contributed by atoms with Crippen LogP contribution in [-0.4, -0.2) is 15.0 Å². The van der Waals surface area contributed by atoms with Crippen molar-refractivity contribution >= 4 is 11.8 Å². The number of aromatic nitrogens is 3. The largest absolute Gasteiger partial charge is 0.208 e. The predicted molar refractivity (Wildman–Crippen MR) is 220 cm³/mol. The van der Waals surface area contributed by atoms with Gasteiger partial charge in [-0.3, -0.25) is 0 Å². The molecule has 0 N–H and O–H groups in total. The van der Waals surface area contributed by atoms with Gasteiger partial charge in [-0.1, -0.05) is 165 Å². The first-order valence-electron chi connectivity index (χ1n) is 18.0. The summed E-state index contributed by atoms with van der Waals surface area (Å²) in [5.41, 5.74) is 12.2. The highest BCUT2D eigenvalue weighted by Gasteiger charge is 2.35. The third-order valence-corrected chi connectivity index (χ3v) is 11.4. The van der Waals surface area contributed by atoms with Gasteiger partial charge in [-0.25, -0.2) is 15.0 Å². The maximum Gasteiger partial charge on any atom is 0.164 e. The van der Waals surface area contributed by atoms with E-state index in [2.05, 4.69) is 147 Å². The van der Waals surface area contributed by atoms with Crippen LogP contribution in [0.4, 0.5) is 0 Å². The summed E-state index contributed by atoms with van der Waals surface area (Å²) in [6.45, 7) is 4.51. The summed E-state index contributed by atoms with van der Waals surface area (Å²) < 4.78 is 0. The van der Waals surface area contributed by atoms with E-state index in [1.54, 1.807) is 11.8 Å². The Labute approximate surface area is 319 Å². The first-order chi connectivity index (χ1) is 26.4. The van der Waals surface area contributed by atoms with Crippen LogP contribution in [0.3, 0.4) is 0 Å². The van der Waals surface area contributed by atoms with Gasteiger partial charge in [0.05, 0.1) is 11.6 Å². The van der Waals surface area contributed by atoms with Crippen LogP contribution in [0.1, 0.15) is 30.5 Å². The maximum atomic E-state index is 10.1. The maximum absolute atomic E-state index is 10.1. The van der Waals surface area contributed by atoms with E-state index in [4.69, 9.17) is 15.0 Å². The number of nitrogens with zero attached hydrogens (tertiary/aromatic N) is 4. The second-order valence-electron chi connectivity index (χ2n) is 14.0. The molecule has 0 aliphatic carbocycles. The molecule has 0 atom stereocenters. The normalized spacial score (nSPS) is 12.7. The third-order valence-electron chi connectivity index (χ3n) is 10.2. The van der Waals surface area contributed by atoms with Gasteiger partial charge in [0.15, 0.2) is 17.5 Å². The SMILES string of the molecule is CC1(C)c2ccccc2Sc2c(-c3cccc(-c4cccc(-c5nc(-c6ccccc6)nc(-c6ccc(-c7ccccc7)cc6)n5)c4)c3)cc(C#N)cc21. The average Bonchev–Trinajstić information content (AvgIpc) is 3.24. The van der Waals surface area contributed by atoms with E-state index in [9.17, 15) is 5.26 Å². The Hall–Kier alpha value is -6.61. The first kappa shape index (κ1) is 33.2. The summed E-state index contributed by atoms with van der Waals surface area (Å²) in [5.74, 6) is 1.85. The highest BCUT2D eigenvalue weighted by molar-refractivity contribution is 7.99. The average molecular weight is 711 g/mol. The van der Waals surface area contributed by atoms with Crippen molar-refractivity contribution < 1.29 is 0 Å². The smallest absolute Gasteiger partial charge is 0.164 e. The Morgan fingerprint density at radius 2 is 0.926 bits per heavy atom. The Morgan fingerprint density at radius 3 is 1.59 bits per heavy atom. The van der Waals surface area contributed by atoms with Crippen molar-refractivity contribution in [3.8, 4) is 73.6 Å². The summed E-state index contributed by atoms with van der Waals surface area (Å²) in [7, 11) is 0. The van der Waals surface area contributed by atoms with Gasteiger partial charge >= 0.3 is 0 Å². The van der Waals surface area contributed by atoms with Crippen LogP contribution < -0.4 is 0 Å². The fourth-order valence-electron chi connectivity index (χ4n) is 7.31. The van der Waals surface area contributed by atoms with Crippen molar-refractivity contribution in [1.29, 1.82) is 5.26 Å². The van der Waals surface area contributed by atoms with Gasteiger partial charge in [0.25, 0.3) is 0 Å². The van der Waals surface area contributed by atoms with Crippen LogP contribution in [-0.2, 0) is 5.41 Å². The van der Waals surface area contributed by atoms with E-state index in [0.717, 1.165) is 50.1 Å². The monoisotopic (exact) mass is 710 g/mol. The molecular formula is C49H34N4S. The second kappa shape index (κ2) is 13.7. The molecular weight excluding hydrogens is 677 g/mol. The molecule has 1 aromatic heterocycles. The minimum atomic E-state index is -0.239. The zero-order valence-corrected chi connectivity index (χ0v) is 30.7. The van der Waals surface area contributed by atoms with Gasteiger partial charge in [0.1, 0.15) is 0 Å². The van der Waals surface area contributed by atoms with Crippen LogP contribution >= 0.6 is 11.8 Å². The summed E-state index contributed by atoms with van der Waals surface area (Å²) in [5, 5.41) is 10.1. The van der Waals surface area contributed by atoms with Crippen molar-refractivity contribution in [3.63, 3.8) is 0 Å². The summed E-state index contributed by atoms with van der Waals surface area (Å²) in [4.78, 5) is 17.5. The lowest BCUT2D eigenvalue weighted by atomic mass is 9.76. The molecule has 5 heteroatoms. The molecule has 0 bridgehead atoms. The van der Waals surface area contributed by atoms with Crippen molar-refractivity contribution in [2.45, 2.75) is 29.1 Å². The van der Waals surface area contributed by atoms with Crippen LogP contribution in [0.25, 0.3) is 67.5 Å². The molecule has 0 saturated heterocycles. The molecule has 1 aliphatic rings. The number of hydrogen-bond acceptors (Lipinski definition) is 5. The molecule has 2 heterocycles. The molecule has 8 aromatic rings. The fraction of sp³-hybridized carbons (Fsp3) is 0.0612. The van der Waals surface area contributed by atoms with Gasteiger partial charge in [-0.2, -0.15) is 5.26 Å². The number of benzene rings is 7. The molecule has 0 saturated carbocycles. The van der Waals surface area contributed by atoms with E-state index in [-0.39, 0.29) is 5.41 Å². The lowest BCUT2D eigenvalue weighted by Crippen LogP contribution is -2.24. The van der Waals surface area contributed by atoms with Gasteiger partial charge < -0.3 is 0 Å². The summed E-state index contributed by atoms with van der Waals surface area (Å²) >= 11 is 1.79. The Morgan fingerprint density at radius 1 is 0.444 bits per heavy atom. The summed E-state index contributed by atoms with van der Waals surface area (Å²) in [6.07, 6.45) is 0. The van der Waals surface area contributed by atoms with Crippen LogP contribution in [0.15, 0.2) is 180 Å². The molecule has 7 aromatic carbocycles. The second-order valence-corrected chi connectivity index (χ2v) is 15.1. The van der Waals surface area contributed by atoms with Crippen LogP contribution in [0, 0.1) is 11.3 Å². The number of hydrogen-bond donors (Lipinski definition) is 0. The molecule has 0 unspecified atom stereocenters. The number of fused-ring (bicyclic) bond motifs is 2. The lowest BCUT2D eigenvalue weighted by molar-refractivity contribution is 0.607. The van der Waals surface area contributed by atoms with Gasteiger partial charge in [0, 0.05) is 31.9 Å². The van der Waals surface area contributed by atoms with Gasteiger partial charge in [-0.05, 0) is 74.8 Å². The lowest BCUT2D eigenvalue weighted by Gasteiger charge is -2.35. The minimum Gasteiger partial charge on any atom is -0.208 e. The molecule has 9 rings (SSSR count). The third kappa shape index (κ3) is 6.17. The molecule has 4 nitrogen and oxygen atoms in total. The van der Waals surface area contributed by atoms with Gasteiger partial charge in [-0.15, -0.1) is 0 Å². The van der Waals surface area contributed by atoms with Crippen molar-refractivity contribution in [2.24, 2.45) is 0 Å². The Balaban J connectivity index is 1.12. The van der Waals surface area contributed by atoms with E-state index >= 15 is 0 Å². The van der Waals surface area contributed by atoms with E-state index in [1.165, 1.54) is 20.9 Å². The minimum absolute atomic E-state index is 0.239. The molecule has 0 amide bonds. The van der Waals surface area contributed by atoms with E-state index in [1.807, 2.05) is 42.5 Å². The van der Waals surface area contributed by atoms with Crippen molar-refractivity contribution in [1.82, 2.24) is 15.0 Å². The standard InChI is InChI=1S/C49H34N4S/c1-49(2)42-21-9-10-22-44(42)54-45-41(27-32(31-50)28-43(45)49)39-19-11-17-37(29-39)38-18-12-20-40(30-38)48-52-46(35-15-7-4-8-16-35)51-47(53-48)36-25-23-34(24-26-36)33-13-5-3-6-14-33/h3-30H,1-2H3. The Kier molecular flexibility index (Phi) is 8.46. The molecule has 256 valence electrons. The number of rotatable bonds is 6.